The van der Waals surface area contributed by atoms with Gasteiger partial charge in [0.25, 0.3) is 0 Å². The Hall–Kier alpha value is -2.63. The molecule has 0 radical (unpaired) electrons. The Bertz CT molecular complexity index is 693. The number of nitrogens with zero attached hydrogens (tertiary/aromatic N) is 2. The largest absolute Gasteiger partial charge is 0.458 e. The van der Waals surface area contributed by atoms with Gasteiger partial charge in [0.15, 0.2) is 5.69 Å². The van der Waals surface area contributed by atoms with Crippen molar-refractivity contribution < 1.29 is 14.3 Å². The van der Waals surface area contributed by atoms with E-state index in [0.717, 1.165) is 5.56 Å². The van der Waals surface area contributed by atoms with Crippen LogP contribution in [0.25, 0.3) is 0 Å². The van der Waals surface area contributed by atoms with Gasteiger partial charge < -0.3 is 10.1 Å². The predicted octanol–water partition coefficient (Wildman–Crippen LogP) is 3.04. The van der Waals surface area contributed by atoms with E-state index >= 15 is 0 Å². The van der Waals surface area contributed by atoms with Gasteiger partial charge in [0.05, 0.1) is 11.8 Å². The van der Waals surface area contributed by atoms with E-state index in [1.807, 2.05) is 37.3 Å². The van der Waals surface area contributed by atoms with Crippen LogP contribution in [0, 0.1) is 0 Å². The number of esters is 1. The van der Waals surface area contributed by atoms with E-state index in [-0.39, 0.29) is 17.7 Å². The standard InChI is InChI=1S/C18H23N3O3/c1-4-21-12-15(17(20-21)18(23)24-13(2)3)19-16(22)11-10-14-8-6-5-7-9-14/h5-9,12-13H,4,10-11H2,1-3H3,(H,19,22). The number of hydrogen-bond donors (Lipinski definition) is 1. The first-order chi connectivity index (χ1) is 11.5. The van der Waals surface area contributed by atoms with Gasteiger partial charge in [-0.05, 0) is 32.8 Å². The van der Waals surface area contributed by atoms with E-state index in [1.165, 1.54) is 0 Å². The lowest BCUT2D eigenvalue weighted by Crippen LogP contribution is -2.17. The summed E-state index contributed by atoms with van der Waals surface area (Å²) in [4.78, 5) is 24.3. The molecule has 0 saturated carbocycles. The minimum Gasteiger partial charge on any atom is -0.458 e. The molecule has 1 aromatic heterocycles. The Morgan fingerprint density at radius 1 is 1.25 bits per heavy atom. The number of aromatic nitrogens is 2. The molecule has 0 aliphatic rings. The second-order valence-electron chi connectivity index (χ2n) is 5.73. The van der Waals surface area contributed by atoms with Crippen LogP contribution in [-0.4, -0.2) is 27.8 Å². The molecule has 2 aromatic rings. The van der Waals surface area contributed by atoms with Crippen LogP contribution < -0.4 is 5.32 Å². The second kappa shape index (κ2) is 8.29. The summed E-state index contributed by atoms with van der Waals surface area (Å²) in [6.07, 6.45) is 2.38. The lowest BCUT2D eigenvalue weighted by atomic mass is 10.1. The summed E-state index contributed by atoms with van der Waals surface area (Å²) >= 11 is 0. The van der Waals surface area contributed by atoms with E-state index in [0.29, 0.717) is 25.1 Å². The fraction of sp³-hybridized carbons (Fsp3) is 0.389. The van der Waals surface area contributed by atoms with Gasteiger partial charge in [-0.1, -0.05) is 30.3 Å². The first-order valence-electron chi connectivity index (χ1n) is 8.11. The number of hydrogen-bond acceptors (Lipinski definition) is 4. The molecule has 0 atom stereocenters. The molecule has 0 bridgehead atoms. The molecule has 0 spiro atoms. The average molecular weight is 329 g/mol. The Kier molecular flexibility index (Phi) is 6.12. The molecule has 24 heavy (non-hydrogen) atoms. The molecule has 1 N–H and O–H groups in total. The van der Waals surface area contributed by atoms with E-state index in [4.69, 9.17) is 4.74 Å². The minimum absolute atomic E-state index is 0.138. The maximum absolute atomic E-state index is 12.2. The molecule has 0 unspecified atom stereocenters. The van der Waals surface area contributed by atoms with Crippen molar-refractivity contribution in [3.05, 3.63) is 47.8 Å². The highest BCUT2D eigenvalue weighted by Gasteiger charge is 2.20. The third-order valence-electron chi connectivity index (χ3n) is 3.38. The number of carbonyl (C=O) groups excluding carboxylic acids is 2. The molecule has 2 rings (SSSR count). The number of nitrogens with one attached hydrogen (secondary N) is 1. The van der Waals surface area contributed by atoms with Crippen LogP contribution in [0.5, 0.6) is 0 Å². The third kappa shape index (κ3) is 4.94. The summed E-state index contributed by atoms with van der Waals surface area (Å²) in [6.45, 7) is 6.05. The summed E-state index contributed by atoms with van der Waals surface area (Å²) in [5.74, 6) is -0.691. The number of amides is 1. The minimum atomic E-state index is -0.532. The first-order valence-corrected chi connectivity index (χ1v) is 8.11. The van der Waals surface area contributed by atoms with Crippen molar-refractivity contribution >= 4 is 17.6 Å². The topological polar surface area (TPSA) is 73.2 Å². The lowest BCUT2D eigenvalue weighted by molar-refractivity contribution is -0.116. The molecule has 0 saturated heterocycles. The highest BCUT2D eigenvalue weighted by molar-refractivity contribution is 5.99. The van der Waals surface area contributed by atoms with Crippen molar-refractivity contribution in [2.75, 3.05) is 5.32 Å². The van der Waals surface area contributed by atoms with Gasteiger partial charge in [-0.3, -0.25) is 9.48 Å². The summed E-state index contributed by atoms with van der Waals surface area (Å²) < 4.78 is 6.78. The quantitative estimate of drug-likeness (QED) is 0.792. The van der Waals surface area contributed by atoms with Crippen LogP contribution in [0.3, 0.4) is 0 Å². The van der Waals surface area contributed by atoms with E-state index in [9.17, 15) is 9.59 Å². The summed E-state index contributed by atoms with van der Waals surface area (Å²) in [5.41, 5.74) is 1.62. The van der Waals surface area contributed by atoms with E-state index < -0.39 is 5.97 Å². The zero-order chi connectivity index (χ0) is 17.5. The van der Waals surface area contributed by atoms with Gasteiger partial charge in [-0.25, -0.2) is 4.79 Å². The summed E-state index contributed by atoms with van der Waals surface area (Å²) in [7, 11) is 0. The van der Waals surface area contributed by atoms with Gasteiger partial charge >= 0.3 is 5.97 Å². The number of aryl methyl sites for hydroxylation is 2. The van der Waals surface area contributed by atoms with Crippen molar-refractivity contribution in [1.82, 2.24) is 9.78 Å². The van der Waals surface area contributed by atoms with Crippen molar-refractivity contribution in [1.29, 1.82) is 0 Å². The zero-order valence-electron chi connectivity index (χ0n) is 14.3. The smallest absolute Gasteiger partial charge is 0.361 e. The van der Waals surface area contributed by atoms with Crippen molar-refractivity contribution in [3.8, 4) is 0 Å². The summed E-state index contributed by atoms with van der Waals surface area (Å²) in [6, 6.07) is 9.79. The molecule has 0 aliphatic carbocycles. The molecular formula is C18H23N3O3. The van der Waals surface area contributed by atoms with Gasteiger partial charge in [-0.2, -0.15) is 5.10 Å². The van der Waals surface area contributed by atoms with Gasteiger partial charge in [0, 0.05) is 19.2 Å². The maximum atomic E-state index is 12.2. The van der Waals surface area contributed by atoms with Crippen molar-refractivity contribution in [2.24, 2.45) is 0 Å². The molecule has 1 amide bonds. The van der Waals surface area contributed by atoms with Crippen LogP contribution in [0.4, 0.5) is 5.69 Å². The molecule has 1 aromatic carbocycles. The van der Waals surface area contributed by atoms with Gasteiger partial charge in [-0.15, -0.1) is 0 Å². The Morgan fingerprint density at radius 2 is 1.96 bits per heavy atom. The SMILES string of the molecule is CCn1cc(NC(=O)CCc2ccccc2)c(C(=O)OC(C)C)n1. The first kappa shape index (κ1) is 17.7. The normalized spacial score (nSPS) is 10.7. The van der Waals surface area contributed by atoms with Gasteiger partial charge in [0.2, 0.25) is 5.91 Å². The number of rotatable bonds is 7. The highest BCUT2D eigenvalue weighted by Crippen LogP contribution is 2.17. The van der Waals surface area contributed by atoms with Crippen LogP contribution in [0.1, 0.15) is 43.2 Å². The van der Waals surface area contributed by atoms with E-state index in [2.05, 4.69) is 10.4 Å². The average Bonchev–Trinajstić information content (AvgIpc) is 2.96. The van der Waals surface area contributed by atoms with Crippen LogP contribution in [-0.2, 0) is 22.5 Å². The third-order valence-corrected chi connectivity index (χ3v) is 3.38. The summed E-state index contributed by atoms with van der Waals surface area (Å²) in [5, 5.41) is 6.95. The maximum Gasteiger partial charge on any atom is 0.361 e. The molecular weight excluding hydrogens is 306 g/mol. The van der Waals surface area contributed by atoms with Crippen LogP contribution in [0.15, 0.2) is 36.5 Å². The molecule has 0 aliphatic heterocycles. The van der Waals surface area contributed by atoms with Crippen LogP contribution >= 0.6 is 0 Å². The number of carbonyl (C=O) groups is 2. The fourth-order valence-electron chi connectivity index (χ4n) is 2.21. The lowest BCUT2D eigenvalue weighted by Gasteiger charge is -2.08. The second-order valence-corrected chi connectivity index (χ2v) is 5.73. The van der Waals surface area contributed by atoms with E-state index in [1.54, 1.807) is 24.7 Å². The Balaban J connectivity index is 2.03. The molecule has 6 heteroatoms. The molecule has 1 heterocycles. The van der Waals surface area contributed by atoms with Gasteiger partial charge in [0.1, 0.15) is 0 Å². The van der Waals surface area contributed by atoms with Crippen molar-refractivity contribution in [2.45, 2.75) is 46.3 Å². The number of benzene rings is 1. The Morgan fingerprint density at radius 3 is 2.58 bits per heavy atom. The zero-order valence-corrected chi connectivity index (χ0v) is 14.3. The molecule has 128 valence electrons. The predicted molar refractivity (Wildman–Crippen MR) is 91.8 cm³/mol. The molecule has 6 nitrogen and oxygen atoms in total. The number of anilines is 1. The highest BCUT2D eigenvalue weighted by atomic mass is 16.5. The molecule has 0 fully saturated rings. The number of ether oxygens (including phenoxy) is 1. The monoisotopic (exact) mass is 329 g/mol. The van der Waals surface area contributed by atoms with Crippen LogP contribution in [0.2, 0.25) is 0 Å². The van der Waals surface area contributed by atoms with Crippen molar-refractivity contribution in [3.63, 3.8) is 0 Å². The Labute approximate surface area is 141 Å². The fourth-order valence-corrected chi connectivity index (χ4v) is 2.21.